The number of β-amino-alcohol motifs (C(OH)–C–C–N with tert-alkyl or cyclic N) is 1. The Balaban J connectivity index is 1.18. The molecule has 41 heavy (non-hydrogen) atoms. The Morgan fingerprint density at radius 1 is 0.927 bits per heavy atom. The lowest BCUT2D eigenvalue weighted by Crippen LogP contribution is -2.52. The molecule has 214 valence electrons. The van der Waals surface area contributed by atoms with Crippen molar-refractivity contribution in [2.45, 2.75) is 25.1 Å². The molecule has 1 saturated heterocycles. The number of rotatable bonds is 8. The topological polar surface area (TPSA) is 65.9 Å². The van der Waals surface area contributed by atoms with Crippen LogP contribution in [0.15, 0.2) is 84.9 Å². The van der Waals surface area contributed by atoms with Gasteiger partial charge in [0.15, 0.2) is 0 Å². The monoisotopic (exact) mass is 563 g/mol. The van der Waals surface area contributed by atoms with Gasteiger partial charge in [-0.25, -0.2) is 4.98 Å². The number of aromatic nitrogens is 1. The van der Waals surface area contributed by atoms with Crippen molar-refractivity contribution < 1.29 is 27.8 Å². The van der Waals surface area contributed by atoms with E-state index in [2.05, 4.69) is 9.88 Å². The van der Waals surface area contributed by atoms with E-state index >= 15 is 0 Å². The molecular formula is C32H32F3N3O3. The fourth-order valence-electron chi connectivity index (χ4n) is 5.35. The van der Waals surface area contributed by atoms with E-state index < -0.39 is 18.0 Å². The molecule has 9 heteroatoms. The molecule has 0 saturated carbocycles. The number of nitrogens with zero attached hydrogens (tertiary/aromatic N) is 3. The summed E-state index contributed by atoms with van der Waals surface area (Å²) < 4.78 is 45.4. The van der Waals surface area contributed by atoms with E-state index in [4.69, 9.17) is 4.74 Å². The molecule has 5 rings (SSSR count). The summed E-state index contributed by atoms with van der Waals surface area (Å²) in [6, 6.07) is 25.3. The predicted octanol–water partition coefficient (Wildman–Crippen LogP) is 5.28. The molecule has 1 N–H and O–H groups in total. The number of hydrogen-bond donors (Lipinski definition) is 1. The molecule has 0 spiro atoms. The third-order valence-corrected chi connectivity index (χ3v) is 7.38. The van der Waals surface area contributed by atoms with E-state index in [1.165, 1.54) is 6.07 Å². The number of carbonyl (C=O) groups excluding carboxylic acids is 1. The van der Waals surface area contributed by atoms with Crippen LogP contribution in [0.4, 0.5) is 13.2 Å². The summed E-state index contributed by atoms with van der Waals surface area (Å²) in [5.41, 5.74) is 1.54. The largest absolute Gasteiger partial charge is 0.490 e. The quantitative estimate of drug-likeness (QED) is 0.316. The summed E-state index contributed by atoms with van der Waals surface area (Å²) in [6.45, 7) is 4.21. The number of piperazine rings is 1. The van der Waals surface area contributed by atoms with Crippen LogP contribution in [0, 0.1) is 6.92 Å². The molecule has 0 bridgehead atoms. The molecule has 1 atom stereocenters. The highest BCUT2D eigenvalue weighted by atomic mass is 19.4. The number of pyridine rings is 1. The molecule has 1 aliphatic rings. The zero-order valence-corrected chi connectivity index (χ0v) is 22.7. The first-order chi connectivity index (χ1) is 19.7. The number of alkyl halides is 3. The molecule has 3 aromatic carbocycles. The van der Waals surface area contributed by atoms with Crippen LogP contribution in [-0.2, 0) is 11.0 Å². The van der Waals surface area contributed by atoms with Gasteiger partial charge in [0.1, 0.15) is 24.2 Å². The Kier molecular flexibility index (Phi) is 8.56. The first-order valence-corrected chi connectivity index (χ1v) is 13.6. The van der Waals surface area contributed by atoms with E-state index in [0.29, 0.717) is 49.4 Å². The number of aliphatic hydroxyl groups excluding tert-OH is 1. The zero-order chi connectivity index (χ0) is 29.0. The van der Waals surface area contributed by atoms with Gasteiger partial charge < -0.3 is 14.7 Å². The smallest absolute Gasteiger partial charge is 0.433 e. The highest BCUT2D eigenvalue weighted by Crippen LogP contribution is 2.34. The van der Waals surface area contributed by atoms with Crippen LogP contribution < -0.4 is 4.74 Å². The lowest BCUT2D eigenvalue weighted by molar-refractivity contribution is -0.141. The van der Waals surface area contributed by atoms with Crippen molar-refractivity contribution in [3.8, 4) is 5.75 Å². The van der Waals surface area contributed by atoms with Crippen molar-refractivity contribution in [1.29, 1.82) is 0 Å². The minimum absolute atomic E-state index is 0.0250. The van der Waals surface area contributed by atoms with Crippen molar-refractivity contribution in [3.63, 3.8) is 0 Å². The fourth-order valence-corrected chi connectivity index (χ4v) is 5.35. The van der Waals surface area contributed by atoms with Gasteiger partial charge in [0.2, 0.25) is 5.91 Å². The number of amides is 1. The highest BCUT2D eigenvalue weighted by molar-refractivity contribution is 5.88. The molecule has 1 fully saturated rings. The van der Waals surface area contributed by atoms with Crippen LogP contribution in [-0.4, -0.2) is 71.2 Å². The molecule has 4 aromatic rings. The normalized spacial score (nSPS) is 15.3. The molecule has 1 aliphatic heterocycles. The molecule has 1 amide bonds. The van der Waals surface area contributed by atoms with E-state index in [9.17, 15) is 23.1 Å². The number of carbonyl (C=O) groups is 1. The molecule has 1 unspecified atom stereocenters. The Bertz CT molecular complexity index is 1430. The van der Waals surface area contributed by atoms with Crippen molar-refractivity contribution in [2.24, 2.45) is 0 Å². The van der Waals surface area contributed by atoms with Crippen LogP contribution in [0.3, 0.4) is 0 Å². The fraction of sp³-hybridized carbons (Fsp3) is 0.312. The molecular weight excluding hydrogens is 531 g/mol. The van der Waals surface area contributed by atoms with Crippen LogP contribution in [0.1, 0.15) is 28.3 Å². The first kappa shape index (κ1) is 28.6. The maximum atomic E-state index is 13.7. The summed E-state index contributed by atoms with van der Waals surface area (Å²) >= 11 is 0. The van der Waals surface area contributed by atoms with Gasteiger partial charge in [-0.1, -0.05) is 66.7 Å². The summed E-state index contributed by atoms with van der Waals surface area (Å²) in [7, 11) is 0. The number of aliphatic hydroxyl groups is 1. The van der Waals surface area contributed by atoms with Gasteiger partial charge >= 0.3 is 6.18 Å². The standard InChI is InChI=1S/C32H32F3N3O3/c1-22-19-28(32(33,34)35)36-26-13-8-14-27(29(22)26)41-21-25(39)20-37-15-17-38(18-16-37)31(40)30(23-9-4-2-5-10-23)24-11-6-3-7-12-24/h2-14,19,25,30,39H,15-18,20-21H2,1H3. The van der Waals surface area contributed by atoms with Gasteiger partial charge in [-0.15, -0.1) is 0 Å². The maximum absolute atomic E-state index is 13.7. The van der Waals surface area contributed by atoms with Crippen LogP contribution >= 0.6 is 0 Å². The van der Waals surface area contributed by atoms with Gasteiger partial charge in [-0.05, 0) is 41.8 Å². The Morgan fingerprint density at radius 2 is 1.54 bits per heavy atom. The van der Waals surface area contributed by atoms with Crippen molar-refractivity contribution in [3.05, 3.63) is 107 Å². The molecule has 6 nitrogen and oxygen atoms in total. The first-order valence-electron chi connectivity index (χ1n) is 13.6. The number of fused-ring (bicyclic) bond motifs is 1. The number of hydrogen-bond acceptors (Lipinski definition) is 5. The second kappa shape index (κ2) is 12.3. The van der Waals surface area contributed by atoms with Gasteiger partial charge in [0, 0.05) is 38.1 Å². The Morgan fingerprint density at radius 3 is 2.12 bits per heavy atom. The lowest BCUT2D eigenvalue weighted by atomic mass is 9.90. The van der Waals surface area contributed by atoms with E-state index in [0.717, 1.165) is 17.2 Å². The molecule has 0 aliphatic carbocycles. The van der Waals surface area contributed by atoms with Gasteiger partial charge in [0.05, 0.1) is 11.4 Å². The summed E-state index contributed by atoms with van der Waals surface area (Å²) in [5, 5.41) is 11.2. The Labute approximate surface area is 237 Å². The summed E-state index contributed by atoms with van der Waals surface area (Å²) in [6.07, 6.45) is -5.36. The third kappa shape index (κ3) is 6.69. The summed E-state index contributed by atoms with van der Waals surface area (Å²) in [5.74, 6) is 0.0527. The van der Waals surface area contributed by atoms with Gasteiger partial charge in [0.25, 0.3) is 0 Å². The molecule has 2 heterocycles. The number of ether oxygens (including phenoxy) is 1. The minimum atomic E-state index is -4.54. The average Bonchev–Trinajstić information content (AvgIpc) is 2.97. The molecule has 0 radical (unpaired) electrons. The Hall–Kier alpha value is -3.95. The van der Waals surface area contributed by atoms with E-state index in [1.54, 1.807) is 19.1 Å². The number of aryl methyl sites for hydroxylation is 1. The number of halogens is 3. The van der Waals surface area contributed by atoms with Crippen molar-refractivity contribution in [1.82, 2.24) is 14.8 Å². The third-order valence-electron chi connectivity index (χ3n) is 7.38. The van der Waals surface area contributed by atoms with E-state index in [-0.39, 0.29) is 23.9 Å². The SMILES string of the molecule is Cc1cc(C(F)(F)F)nc2cccc(OCC(O)CN3CCN(C(=O)C(c4ccccc4)c4ccccc4)CC3)c12. The predicted molar refractivity (Wildman–Crippen MR) is 151 cm³/mol. The van der Waals surface area contributed by atoms with Crippen molar-refractivity contribution in [2.75, 3.05) is 39.3 Å². The minimum Gasteiger partial charge on any atom is -0.490 e. The zero-order valence-electron chi connectivity index (χ0n) is 22.7. The molecule has 1 aromatic heterocycles. The van der Waals surface area contributed by atoms with E-state index in [1.807, 2.05) is 65.6 Å². The second-order valence-electron chi connectivity index (χ2n) is 10.3. The van der Waals surface area contributed by atoms with Gasteiger partial charge in [-0.3, -0.25) is 9.69 Å². The lowest BCUT2D eigenvalue weighted by Gasteiger charge is -2.37. The van der Waals surface area contributed by atoms with Crippen LogP contribution in [0.25, 0.3) is 10.9 Å². The number of benzene rings is 3. The van der Waals surface area contributed by atoms with Crippen LogP contribution in [0.5, 0.6) is 5.75 Å². The van der Waals surface area contributed by atoms with Crippen LogP contribution in [0.2, 0.25) is 0 Å². The van der Waals surface area contributed by atoms with Gasteiger partial charge in [-0.2, -0.15) is 13.2 Å². The second-order valence-corrected chi connectivity index (χ2v) is 10.3. The maximum Gasteiger partial charge on any atom is 0.433 e. The van der Waals surface area contributed by atoms with Crippen molar-refractivity contribution >= 4 is 16.8 Å². The average molecular weight is 564 g/mol. The highest BCUT2D eigenvalue weighted by Gasteiger charge is 2.33. The summed E-state index contributed by atoms with van der Waals surface area (Å²) in [4.78, 5) is 21.4.